The molecule has 0 amide bonds. The van der Waals surface area contributed by atoms with Crippen molar-refractivity contribution in [3.8, 4) is 0 Å². The van der Waals surface area contributed by atoms with Crippen molar-refractivity contribution in [3.63, 3.8) is 0 Å². The molecule has 0 aliphatic rings. The van der Waals surface area contributed by atoms with Crippen LogP contribution in [0.5, 0.6) is 0 Å². The fraction of sp³-hybridized carbons (Fsp3) is 0.700. The van der Waals surface area contributed by atoms with E-state index in [4.69, 9.17) is 4.74 Å². The number of ether oxygens (including phenoxy) is 1. The molecule has 2 atom stereocenters. The van der Waals surface area contributed by atoms with Gasteiger partial charge in [0.2, 0.25) is 0 Å². The molecule has 0 bridgehead atoms. The molecule has 0 saturated heterocycles. The van der Waals surface area contributed by atoms with Crippen molar-refractivity contribution in [2.75, 3.05) is 13.7 Å². The van der Waals surface area contributed by atoms with Crippen LogP contribution in [-0.4, -0.2) is 29.5 Å². The number of rotatable bonds is 5. The Morgan fingerprint density at radius 1 is 1.64 bits per heavy atom. The minimum atomic E-state index is 0.161. The van der Waals surface area contributed by atoms with Crippen LogP contribution in [0.4, 0.5) is 0 Å². The van der Waals surface area contributed by atoms with Gasteiger partial charge in [-0.1, -0.05) is 0 Å². The highest BCUT2D eigenvalue weighted by atomic mass is 16.5. The number of aromatic nitrogens is 2. The maximum atomic E-state index is 5.56. The topological polar surface area (TPSA) is 39.1 Å². The molecule has 0 aromatic carbocycles. The zero-order valence-corrected chi connectivity index (χ0v) is 9.32. The fourth-order valence-electron chi connectivity index (χ4n) is 1.63. The molecule has 1 aromatic rings. The van der Waals surface area contributed by atoms with E-state index in [0.29, 0.717) is 0 Å². The predicted molar refractivity (Wildman–Crippen MR) is 56.1 cm³/mol. The lowest BCUT2D eigenvalue weighted by atomic mass is 10.1. The summed E-state index contributed by atoms with van der Waals surface area (Å²) < 4.78 is 7.36. The second kappa shape index (κ2) is 5.12. The first-order chi connectivity index (χ1) is 6.69. The Balaban J connectivity index is 2.71. The third-order valence-corrected chi connectivity index (χ3v) is 2.29. The van der Waals surface area contributed by atoms with Crippen molar-refractivity contribution < 1.29 is 4.74 Å². The molecule has 0 fully saturated rings. The van der Waals surface area contributed by atoms with Crippen molar-refractivity contribution in [3.05, 3.63) is 18.0 Å². The van der Waals surface area contributed by atoms with Gasteiger partial charge in [0.05, 0.1) is 18.3 Å². The number of aryl methyl sites for hydroxylation is 1. The van der Waals surface area contributed by atoms with Gasteiger partial charge in [0.1, 0.15) is 0 Å². The smallest absolute Gasteiger partial charge is 0.0742 e. The molecule has 0 radical (unpaired) electrons. The van der Waals surface area contributed by atoms with Crippen LogP contribution >= 0.6 is 0 Å². The summed E-state index contributed by atoms with van der Waals surface area (Å²) in [5.74, 6) is 0. The Morgan fingerprint density at radius 3 is 2.79 bits per heavy atom. The van der Waals surface area contributed by atoms with E-state index in [1.54, 1.807) is 4.68 Å². The third-order valence-electron chi connectivity index (χ3n) is 2.29. The fourth-order valence-corrected chi connectivity index (χ4v) is 1.63. The molecular formula is C10H19N3O. The molecule has 80 valence electrons. The van der Waals surface area contributed by atoms with Crippen LogP contribution in [0.2, 0.25) is 0 Å². The first-order valence-corrected chi connectivity index (χ1v) is 4.96. The summed E-state index contributed by atoms with van der Waals surface area (Å²) in [6.07, 6.45) is 4.04. The van der Waals surface area contributed by atoms with Crippen molar-refractivity contribution in [2.24, 2.45) is 7.05 Å². The lowest BCUT2D eigenvalue weighted by Crippen LogP contribution is -2.29. The highest BCUT2D eigenvalue weighted by Crippen LogP contribution is 2.17. The molecule has 4 heteroatoms. The molecule has 1 heterocycles. The normalized spacial score (nSPS) is 15.4. The van der Waals surface area contributed by atoms with Crippen LogP contribution in [0, 0.1) is 0 Å². The largest absolute Gasteiger partial charge is 0.377 e. The Bertz CT molecular complexity index is 272. The molecule has 0 saturated carbocycles. The highest BCUT2D eigenvalue weighted by Gasteiger charge is 2.18. The number of hydrogen-bond donors (Lipinski definition) is 1. The maximum Gasteiger partial charge on any atom is 0.0742 e. The monoisotopic (exact) mass is 197 g/mol. The molecule has 14 heavy (non-hydrogen) atoms. The summed E-state index contributed by atoms with van der Waals surface area (Å²) in [5.41, 5.74) is 1.16. The van der Waals surface area contributed by atoms with Gasteiger partial charge < -0.3 is 10.1 Å². The number of hydrogen-bond acceptors (Lipinski definition) is 3. The summed E-state index contributed by atoms with van der Waals surface area (Å²) in [4.78, 5) is 0. The van der Waals surface area contributed by atoms with Crippen LogP contribution in [0.3, 0.4) is 0 Å². The lowest BCUT2D eigenvalue weighted by Gasteiger charge is -2.22. The summed E-state index contributed by atoms with van der Waals surface area (Å²) in [6.45, 7) is 4.81. The van der Waals surface area contributed by atoms with Crippen LogP contribution < -0.4 is 5.32 Å². The van der Waals surface area contributed by atoms with E-state index < -0.39 is 0 Å². The van der Waals surface area contributed by atoms with Gasteiger partial charge in [-0.2, -0.15) is 5.10 Å². The minimum absolute atomic E-state index is 0.161. The van der Waals surface area contributed by atoms with Crippen LogP contribution in [0.15, 0.2) is 12.4 Å². The zero-order chi connectivity index (χ0) is 10.6. The number of nitrogens with one attached hydrogen (secondary N) is 1. The van der Waals surface area contributed by atoms with E-state index in [0.717, 1.165) is 12.2 Å². The van der Waals surface area contributed by atoms with Gasteiger partial charge in [-0.05, 0) is 20.9 Å². The first kappa shape index (κ1) is 11.2. The first-order valence-electron chi connectivity index (χ1n) is 4.96. The van der Waals surface area contributed by atoms with Crippen molar-refractivity contribution in [1.29, 1.82) is 0 Å². The summed E-state index contributed by atoms with van der Waals surface area (Å²) in [5, 5.41) is 7.39. The zero-order valence-electron chi connectivity index (χ0n) is 9.32. The summed E-state index contributed by atoms with van der Waals surface area (Å²) in [7, 11) is 3.86. The van der Waals surface area contributed by atoms with Gasteiger partial charge >= 0.3 is 0 Å². The highest BCUT2D eigenvalue weighted by molar-refractivity contribution is 5.11. The van der Waals surface area contributed by atoms with Crippen LogP contribution in [0.25, 0.3) is 0 Å². The van der Waals surface area contributed by atoms with Gasteiger partial charge in [0.25, 0.3) is 0 Å². The molecule has 1 aromatic heterocycles. The van der Waals surface area contributed by atoms with Crippen molar-refractivity contribution >= 4 is 0 Å². The lowest BCUT2D eigenvalue weighted by molar-refractivity contribution is 0.0493. The SMILES string of the molecule is CCOC(C)C(NC)c1cnn(C)c1. The van der Waals surface area contributed by atoms with Crippen LogP contribution in [0.1, 0.15) is 25.5 Å². The summed E-state index contributed by atoms with van der Waals surface area (Å²) >= 11 is 0. The average Bonchev–Trinajstić information content (AvgIpc) is 2.54. The van der Waals surface area contributed by atoms with Crippen LogP contribution in [-0.2, 0) is 11.8 Å². The quantitative estimate of drug-likeness (QED) is 0.768. The molecule has 2 unspecified atom stereocenters. The standard InChI is InChI=1S/C10H19N3O/c1-5-14-8(2)10(11-3)9-6-12-13(4)7-9/h6-8,10-11H,5H2,1-4H3. The van der Waals surface area contributed by atoms with E-state index in [9.17, 15) is 0 Å². The van der Waals surface area contributed by atoms with Gasteiger partial charge in [-0.3, -0.25) is 4.68 Å². The van der Waals surface area contributed by atoms with Crippen molar-refractivity contribution in [1.82, 2.24) is 15.1 Å². The maximum absolute atomic E-state index is 5.56. The third kappa shape index (κ3) is 2.56. The number of likely N-dealkylation sites (N-methyl/N-ethyl adjacent to an activating group) is 1. The van der Waals surface area contributed by atoms with Gasteiger partial charge in [0.15, 0.2) is 0 Å². The molecule has 0 aliphatic heterocycles. The molecule has 1 N–H and O–H groups in total. The summed E-state index contributed by atoms with van der Waals surface area (Å²) in [6, 6.07) is 0.212. The Labute approximate surface area is 85.3 Å². The Morgan fingerprint density at radius 2 is 2.36 bits per heavy atom. The van der Waals surface area contributed by atoms with E-state index >= 15 is 0 Å². The van der Waals surface area contributed by atoms with E-state index in [1.807, 2.05) is 33.4 Å². The predicted octanol–water partition coefficient (Wildman–Crippen LogP) is 1.11. The molecule has 0 aliphatic carbocycles. The second-order valence-electron chi connectivity index (χ2n) is 3.37. The molecule has 1 rings (SSSR count). The van der Waals surface area contributed by atoms with Crippen molar-refractivity contribution in [2.45, 2.75) is 26.0 Å². The van der Waals surface area contributed by atoms with E-state index in [-0.39, 0.29) is 12.1 Å². The average molecular weight is 197 g/mol. The van der Waals surface area contributed by atoms with Gasteiger partial charge in [-0.25, -0.2) is 0 Å². The number of nitrogens with zero attached hydrogens (tertiary/aromatic N) is 2. The molecular weight excluding hydrogens is 178 g/mol. The Hall–Kier alpha value is -0.870. The van der Waals surface area contributed by atoms with E-state index in [1.165, 1.54) is 0 Å². The second-order valence-corrected chi connectivity index (χ2v) is 3.37. The minimum Gasteiger partial charge on any atom is -0.377 e. The van der Waals surface area contributed by atoms with E-state index in [2.05, 4.69) is 17.3 Å². The molecule has 4 nitrogen and oxygen atoms in total. The Kier molecular flexibility index (Phi) is 4.10. The van der Waals surface area contributed by atoms with Gasteiger partial charge in [-0.15, -0.1) is 0 Å². The molecule has 0 spiro atoms. The van der Waals surface area contributed by atoms with Gasteiger partial charge in [0, 0.05) is 25.4 Å².